The molecule has 1 fully saturated rings. The van der Waals surface area contributed by atoms with Crippen molar-refractivity contribution in [2.24, 2.45) is 7.05 Å². The fourth-order valence-corrected chi connectivity index (χ4v) is 3.66. The second-order valence-electron chi connectivity index (χ2n) is 5.25. The predicted molar refractivity (Wildman–Crippen MR) is 85.6 cm³/mol. The highest BCUT2D eigenvalue weighted by Crippen LogP contribution is 2.32. The summed E-state index contributed by atoms with van der Waals surface area (Å²) in [7, 11) is 1.85. The molecule has 1 amide bonds. The largest absolute Gasteiger partial charge is 0.309 e. The Kier molecular flexibility index (Phi) is 4.16. The van der Waals surface area contributed by atoms with Gasteiger partial charge in [0, 0.05) is 24.7 Å². The van der Waals surface area contributed by atoms with Gasteiger partial charge >= 0.3 is 0 Å². The van der Waals surface area contributed by atoms with E-state index in [0.29, 0.717) is 5.56 Å². The minimum absolute atomic E-state index is 0.0816. The number of nitrogens with zero attached hydrogens (tertiary/aromatic N) is 4. The molecule has 2 heterocycles. The van der Waals surface area contributed by atoms with Crippen LogP contribution in [0, 0.1) is 11.3 Å². The molecular weight excluding hydrogens is 296 g/mol. The smallest absolute Gasteiger partial charge is 0.240 e. The molecule has 0 spiro atoms. The Bertz CT molecular complexity index is 716. The van der Waals surface area contributed by atoms with Gasteiger partial charge in [0.25, 0.3) is 0 Å². The second-order valence-corrected chi connectivity index (χ2v) is 6.52. The van der Waals surface area contributed by atoms with E-state index < -0.39 is 0 Å². The number of thioether (sulfide) groups is 1. The lowest BCUT2D eigenvalue weighted by Crippen LogP contribution is -2.42. The summed E-state index contributed by atoms with van der Waals surface area (Å²) in [4.78, 5) is 15.5. The molecule has 1 aliphatic heterocycles. The molecule has 0 unspecified atom stereocenters. The van der Waals surface area contributed by atoms with Gasteiger partial charge in [-0.3, -0.25) is 9.48 Å². The number of benzene rings is 1. The number of anilines is 1. The minimum Gasteiger partial charge on any atom is -0.309 e. The maximum Gasteiger partial charge on any atom is 0.240 e. The van der Waals surface area contributed by atoms with Crippen LogP contribution in [-0.2, 0) is 11.8 Å². The van der Waals surface area contributed by atoms with Crippen LogP contribution >= 0.6 is 11.8 Å². The van der Waals surface area contributed by atoms with Gasteiger partial charge in [0.1, 0.15) is 0 Å². The van der Waals surface area contributed by atoms with Gasteiger partial charge in [0.05, 0.1) is 28.8 Å². The zero-order valence-corrected chi connectivity index (χ0v) is 13.1. The molecule has 3 rings (SSSR count). The van der Waals surface area contributed by atoms with E-state index in [-0.39, 0.29) is 11.2 Å². The SMILES string of the molecule is Cn1cc(N2CCC[C@@H](Sc3ccc(C#N)cc3)C2=O)cn1. The Morgan fingerprint density at radius 3 is 2.77 bits per heavy atom. The number of rotatable bonds is 3. The van der Waals surface area contributed by atoms with Crippen LogP contribution < -0.4 is 4.90 Å². The van der Waals surface area contributed by atoms with Crippen molar-refractivity contribution in [2.45, 2.75) is 23.0 Å². The van der Waals surface area contributed by atoms with E-state index in [0.717, 1.165) is 30.0 Å². The molecular formula is C16H16N4OS. The molecule has 0 N–H and O–H groups in total. The van der Waals surface area contributed by atoms with Gasteiger partial charge in [0.2, 0.25) is 5.91 Å². The molecule has 0 radical (unpaired) electrons. The average molecular weight is 312 g/mol. The number of piperidine rings is 1. The topological polar surface area (TPSA) is 61.9 Å². The van der Waals surface area contributed by atoms with Gasteiger partial charge in [-0.15, -0.1) is 11.8 Å². The summed E-state index contributed by atoms with van der Waals surface area (Å²) in [5.74, 6) is 0.133. The van der Waals surface area contributed by atoms with Gasteiger partial charge in [0.15, 0.2) is 0 Å². The first kappa shape index (κ1) is 14.7. The molecule has 1 aliphatic rings. The number of carbonyl (C=O) groups excluding carboxylic acids is 1. The van der Waals surface area contributed by atoms with Crippen LogP contribution in [0.4, 0.5) is 5.69 Å². The van der Waals surface area contributed by atoms with Gasteiger partial charge in [-0.2, -0.15) is 10.4 Å². The monoisotopic (exact) mass is 312 g/mol. The molecule has 0 bridgehead atoms. The lowest BCUT2D eigenvalue weighted by atomic mass is 10.1. The second kappa shape index (κ2) is 6.24. The molecule has 112 valence electrons. The van der Waals surface area contributed by atoms with Crippen LogP contribution in [-0.4, -0.2) is 27.5 Å². The van der Waals surface area contributed by atoms with Crippen molar-refractivity contribution in [3.05, 3.63) is 42.2 Å². The number of aromatic nitrogens is 2. The average Bonchev–Trinajstić information content (AvgIpc) is 2.96. The number of nitriles is 1. The van der Waals surface area contributed by atoms with Crippen molar-refractivity contribution in [3.8, 4) is 6.07 Å². The summed E-state index contributed by atoms with van der Waals surface area (Å²) in [6.45, 7) is 0.745. The fourth-order valence-electron chi connectivity index (χ4n) is 2.53. The third-order valence-corrected chi connectivity index (χ3v) is 4.92. The van der Waals surface area contributed by atoms with Gasteiger partial charge < -0.3 is 4.90 Å². The van der Waals surface area contributed by atoms with Crippen molar-refractivity contribution in [1.82, 2.24) is 9.78 Å². The van der Waals surface area contributed by atoms with Crippen LogP contribution in [0.25, 0.3) is 0 Å². The van der Waals surface area contributed by atoms with E-state index in [1.54, 1.807) is 34.8 Å². The Hall–Kier alpha value is -2.26. The number of carbonyl (C=O) groups is 1. The third-order valence-electron chi connectivity index (χ3n) is 3.65. The van der Waals surface area contributed by atoms with Crippen LogP contribution in [0.1, 0.15) is 18.4 Å². The first-order valence-electron chi connectivity index (χ1n) is 7.14. The quantitative estimate of drug-likeness (QED) is 0.874. The van der Waals surface area contributed by atoms with Gasteiger partial charge in [-0.1, -0.05) is 0 Å². The van der Waals surface area contributed by atoms with Crippen molar-refractivity contribution in [3.63, 3.8) is 0 Å². The Labute approximate surface area is 133 Å². The van der Waals surface area contributed by atoms with E-state index in [1.165, 1.54) is 0 Å². The van der Waals surface area contributed by atoms with Gasteiger partial charge in [-0.25, -0.2) is 0 Å². The molecule has 6 heteroatoms. The highest BCUT2D eigenvalue weighted by atomic mass is 32.2. The first-order chi connectivity index (χ1) is 10.7. The molecule has 2 aromatic rings. The normalized spacial score (nSPS) is 18.3. The van der Waals surface area contributed by atoms with E-state index in [2.05, 4.69) is 11.2 Å². The Morgan fingerprint density at radius 2 is 2.14 bits per heavy atom. The first-order valence-corrected chi connectivity index (χ1v) is 8.02. The maximum absolute atomic E-state index is 12.7. The molecule has 1 saturated heterocycles. The van der Waals surface area contributed by atoms with Crippen LogP contribution in [0.15, 0.2) is 41.6 Å². The van der Waals surface area contributed by atoms with E-state index in [9.17, 15) is 4.79 Å². The number of hydrogen-bond donors (Lipinski definition) is 0. The van der Waals surface area contributed by atoms with E-state index in [1.807, 2.05) is 30.3 Å². The molecule has 0 saturated carbocycles. The zero-order valence-electron chi connectivity index (χ0n) is 12.3. The molecule has 0 aliphatic carbocycles. The lowest BCUT2D eigenvalue weighted by molar-refractivity contribution is -0.119. The molecule has 22 heavy (non-hydrogen) atoms. The van der Waals surface area contributed by atoms with Crippen LogP contribution in [0.3, 0.4) is 0 Å². The molecule has 1 aromatic heterocycles. The molecule has 1 aromatic carbocycles. The molecule has 5 nitrogen and oxygen atoms in total. The van der Waals surface area contributed by atoms with Crippen LogP contribution in [0.5, 0.6) is 0 Å². The Morgan fingerprint density at radius 1 is 1.36 bits per heavy atom. The van der Waals surface area contributed by atoms with Crippen molar-refractivity contribution >= 4 is 23.4 Å². The number of amides is 1. The van der Waals surface area contributed by atoms with Crippen molar-refractivity contribution < 1.29 is 4.79 Å². The standard InChI is InChI=1S/C16H16N4OS/c1-19-11-13(10-18-19)20-8-2-3-15(16(20)21)22-14-6-4-12(9-17)5-7-14/h4-7,10-11,15H,2-3,8H2,1H3/t15-/m1/s1. The summed E-state index contributed by atoms with van der Waals surface area (Å²) in [6, 6.07) is 9.48. The van der Waals surface area contributed by atoms with Crippen molar-refractivity contribution in [2.75, 3.05) is 11.4 Å². The van der Waals surface area contributed by atoms with Crippen LogP contribution in [0.2, 0.25) is 0 Å². The minimum atomic E-state index is -0.0816. The Balaban J connectivity index is 1.73. The summed E-state index contributed by atoms with van der Waals surface area (Å²) in [5.41, 5.74) is 1.49. The number of aryl methyl sites for hydroxylation is 1. The zero-order chi connectivity index (χ0) is 15.5. The van der Waals surface area contributed by atoms with Gasteiger partial charge in [-0.05, 0) is 37.1 Å². The summed E-state index contributed by atoms with van der Waals surface area (Å²) in [5, 5.41) is 12.9. The molecule has 1 atom stereocenters. The van der Waals surface area contributed by atoms with E-state index >= 15 is 0 Å². The summed E-state index contributed by atoms with van der Waals surface area (Å²) in [6.07, 6.45) is 5.45. The summed E-state index contributed by atoms with van der Waals surface area (Å²) >= 11 is 1.57. The third kappa shape index (κ3) is 3.00. The van der Waals surface area contributed by atoms with E-state index in [4.69, 9.17) is 5.26 Å². The summed E-state index contributed by atoms with van der Waals surface area (Å²) < 4.78 is 1.71. The lowest BCUT2D eigenvalue weighted by Gasteiger charge is -2.31. The highest BCUT2D eigenvalue weighted by molar-refractivity contribution is 8.00. The predicted octanol–water partition coefficient (Wildman–Crippen LogP) is 2.58. The number of hydrogen-bond acceptors (Lipinski definition) is 4. The highest BCUT2D eigenvalue weighted by Gasteiger charge is 2.30. The van der Waals surface area contributed by atoms with Crippen molar-refractivity contribution in [1.29, 1.82) is 5.26 Å². The fraction of sp³-hybridized carbons (Fsp3) is 0.312. The maximum atomic E-state index is 12.7.